The van der Waals surface area contributed by atoms with E-state index in [2.05, 4.69) is 31.2 Å². The summed E-state index contributed by atoms with van der Waals surface area (Å²) in [6.07, 6.45) is 1.59. The Bertz CT molecular complexity index is 969. The van der Waals surface area contributed by atoms with E-state index in [-0.39, 0.29) is 11.9 Å². The number of fused-ring (bicyclic) bond motifs is 1. The van der Waals surface area contributed by atoms with Gasteiger partial charge in [0.25, 0.3) is 0 Å². The number of hydrogen-bond acceptors (Lipinski definition) is 6. The Morgan fingerprint density at radius 3 is 2.74 bits per heavy atom. The fourth-order valence-electron chi connectivity index (χ4n) is 2.45. The van der Waals surface area contributed by atoms with Crippen molar-refractivity contribution in [2.45, 2.75) is 13.8 Å². The highest BCUT2D eigenvalue weighted by Crippen LogP contribution is 2.20. The number of hydrogen-bond donors (Lipinski definition) is 4. The molecule has 0 aliphatic rings. The van der Waals surface area contributed by atoms with Crippen molar-refractivity contribution in [3.8, 4) is 0 Å². The average Bonchev–Trinajstić information content (AvgIpc) is 3.05. The van der Waals surface area contributed by atoms with Gasteiger partial charge in [0, 0.05) is 42.8 Å². The second-order valence-electron chi connectivity index (χ2n) is 5.88. The van der Waals surface area contributed by atoms with E-state index in [0.717, 1.165) is 11.0 Å². The summed E-state index contributed by atoms with van der Waals surface area (Å²) in [5.74, 6) is 0.644. The van der Waals surface area contributed by atoms with Gasteiger partial charge in [-0.2, -0.15) is 4.98 Å². The maximum atomic E-state index is 12.2. The Morgan fingerprint density at radius 1 is 1.07 bits per heavy atom. The molecule has 0 radical (unpaired) electrons. The molecule has 2 aromatic heterocycles. The lowest BCUT2D eigenvalue weighted by Gasteiger charge is -2.10. The van der Waals surface area contributed by atoms with Crippen LogP contribution in [0.4, 0.5) is 22.2 Å². The van der Waals surface area contributed by atoms with Crippen LogP contribution in [0.15, 0.2) is 41.0 Å². The van der Waals surface area contributed by atoms with Crippen LogP contribution in [0.25, 0.3) is 11.0 Å². The number of carbonyl (C=O) groups excluding carboxylic acids is 2. The van der Waals surface area contributed by atoms with E-state index in [4.69, 9.17) is 4.42 Å². The van der Waals surface area contributed by atoms with Gasteiger partial charge in [0.05, 0.1) is 6.26 Å². The molecule has 0 atom stereocenters. The van der Waals surface area contributed by atoms with E-state index in [1.165, 1.54) is 6.92 Å². The molecule has 0 aliphatic carbocycles. The molecule has 0 saturated heterocycles. The number of anilines is 3. The number of urea groups is 1. The molecule has 0 spiro atoms. The Labute approximate surface area is 155 Å². The van der Waals surface area contributed by atoms with E-state index < -0.39 is 6.03 Å². The maximum Gasteiger partial charge on any atom is 0.326 e. The number of benzene rings is 1. The zero-order valence-corrected chi connectivity index (χ0v) is 15.0. The highest BCUT2D eigenvalue weighted by molar-refractivity contribution is 6.00. The average molecular weight is 368 g/mol. The van der Waals surface area contributed by atoms with Gasteiger partial charge >= 0.3 is 6.03 Å². The van der Waals surface area contributed by atoms with Crippen LogP contribution in [0.3, 0.4) is 0 Å². The van der Waals surface area contributed by atoms with Crippen LogP contribution in [-0.4, -0.2) is 35.0 Å². The van der Waals surface area contributed by atoms with Crippen LogP contribution < -0.4 is 21.3 Å². The number of aromatic nitrogens is 2. The molecule has 9 nitrogen and oxygen atoms in total. The molecule has 0 fully saturated rings. The molecule has 1 aromatic carbocycles. The third-order valence-corrected chi connectivity index (χ3v) is 3.59. The SMILES string of the molecule is CC(=O)NCCNc1cc(C)nc(NC(=O)Nc2ccc3occc3c2)n1. The topological polar surface area (TPSA) is 121 Å². The van der Waals surface area contributed by atoms with Crippen molar-refractivity contribution >= 4 is 40.4 Å². The molecule has 3 amide bonds. The second-order valence-corrected chi connectivity index (χ2v) is 5.88. The van der Waals surface area contributed by atoms with Crippen molar-refractivity contribution in [3.05, 3.63) is 42.3 Å². The first-order valence-electron chi connectivity index (χ1n) is 8.39. The third kappa shape index (κ3) is 5.18. The Kier molecular flexibility index (Phi) is 5.50. The number of amides is 3. The van der Waals surface area contributed by atoms with E-state index in [1.807, 2.05) is 12.1 Å². The number of furan rings is 1. The van der Waals surface area contributed by atoms with E-state index in [0.29, 0.717) is 30.3 Å². The van der Waals surface area contributed by atoms with Crippen LogP contribution in [0.2, 0.25) is 0 Å². The number of carbonyl (C=O) groups is 2. The number of aryl methyl sites for hydroxylation is 1. The van der Waals surface area contributed by atoms with Crippen LogP contribution in [-0.2, 0) is 4.79 Å². The van der Waals surface area contributed by atoms with Crippen LogP contribution in [0, 0.1) is 6.92 Å². The first-order chi connectivity index (χ1) is 13.0. The van der Waals surface area contributed by atoms with Crippen molar-refractivity contribution in [3.63, 3.8) is 0 Å². The molecule has 0 aliphatic heterocycles. The second kappa shape index (κ2) is 8.17. The first kappa shape index (κ1) is 18.2. The van der Waals surface area contributed by atoms with Gasteiger partial charge in [-0.3, -0.25) is 10.1 Å². The Hall–Kier alpha value is -3.62. The molecular weight excluding hydrogens is 348 g/mol. The third-order valence-electron chi connectivity index (χ3n) is 3.59. The van der Waals surface area contributed by atoms with Gasteiger partial charge in [-0.15, -0.1) is 0 Å². The molecule has 3 aromatic rings. The van der Waals surface area contributed by atoms with Crippen molar-refractivity contribution in [2.24, 2.45) is 0 Å². The summed E-state index contributed by atoms with van der Waals surface area (Å²) < 4.78 is 5.27. The summed E-state index contributed by atoms with van der Waals surface area (Å²) in [5.41, 5.74) is 2.07. The van der Waals surface area contributed by atoms with Crippen molar-refractivity contribution in [1.29, 1.82) is 0 Å². The van der Waals surface area contributed by atoms with E-state index in [1.54, 1.807) is 31.4 Å². The molecular formula is C18H20N6O3. The monoisotopic (exact) mass is 368 g/mol. The molecule has 27 heavy (non-hydrogen) atoms. The Morgan fingerprint density at radius 2 is 1.93 bits per heavy atom. The lowest BCUT2D eigenvalue weighted by Crippen LogP contribution is -2.26. The first-order valence-corrected chi connectivity index (χ1v) is 8.39. The standard InChI is InChI=1S/C18H20N6O3/c1-11-9-16(20-7-6-19-12(2)25)23-17(21-11)24-18(26)22-14-3-4-15-13(10-14)5-8-27-15/h3-5,8-10H,6-7H2,1-2H3,(H,19,25)(H3,20,21,22,23,24,26). The van der Waals surface area contributed by atoms with E-state index >= 15 is 0 Å². The van der Waals surface area contributed by atoms with E-state index in [9.17, 15) is 9.59 Å². The number of nitrogens with one attached hydrogen (secondary N) is 4. The molecule has 4 N–H and O–H groups in total. The fourth-order valence-corrected chi connectivity index (χ4v) is 2.45. The zero-order chi connectivity index (χ0) is 19.2. The maximum absolute atomic E-state index is 12.2. The summed E-state index contributed by atoms with van der Waals surface area (Å²) in [7, 11) is 0. The molecule has 0 saturated carbocycles. The number of nitrogens with zero attached hydrogens (tertiary/aromatic N) is 2. The fraction of sp³-hybridized carbons (Fsp3) is 0.222. The zero-order valence-electron chi connectivity index (χ0n) is 15.0. The minimum Gasteiger partial charge on any atom is -0.464 e. The molecule has 0 bridgehead atoms. The van der Waals surface area contributed by atoms with Gasteiger partial charge < -0.3 is 20.4 Å². The quantitative estimate of drug-likeness (QED) is 0.496. The predicted molar refractivity (Wildman–Crippen MR) is 103 cm³/mol. The highest BCUT2D eigenvalue weighted by Gasteiger charge is 2.08. The predicted octanol–water partition coefficient (Wildman–Crippen LogP) is 2.72. The minimum atomic E-state index is -0.451. The van der Waals surface area contributed by atoms with Gasteiger partial charge in [-0.1, -0.05) is 0 Å². The summed E-state index contributed by atoms with van der Waals surface area (Å²) in [5, 5.41) is 12.0. The number of rotatable bonds is 6. The van der Waals surface area contributed by atoms with Crippen LogP contribution >= 0.6 is 0 Å². The van der Waals surface area contributed by atoms with Crippen molar-refractivity contribution in [2.75, 3.05) is 29.0 Å². The molecule has 2 heterocycles. The largest absolute Gasteiger partial charge is 0.464 e. The van der Waals surface area contributed by atoms with Gasteiger partial charge in [-0.25, -0.2) is 9.78 Å². The van der Waals surface area contributed by atoms with Crippen molar-refractivity contribution in [1.82, 2.24) is 15.3 Å². The lowest BCUT2D eigenvalue weighted by atomic mass is 10.2. The van der Waals surface area contributed by atoms with Crippen LogP contribution in [0.5, 0.6) is 0 Å². The molecule has 3 rings (SSSR count). The summed E-state index contributed by atoms with van der Waals surface area (Å²) in [6, 6.07) is 8.46. The van der Waals surface area contributed by atoms with Gasteiger partial charge in [0.1, 0.15) is 11.4 Å². The summed E-state index contributed by atoms with van der Waals surface area (Å²) in [4.78, 5) is 31.5. The molecule has 0 unspecified atom stereocenters. The van der Waals surface area contributed by atoms with Crippen molar-refractivity contribution < 1.29 is 14.0 Å². The Balaban J connectivity index is 1.60. The van der Waals surface area contributed by atoms with Gasteiger partial charge in [0.15, 0.2) is 0 Å². The highest BCUT2D eigenvalue weighted by atomic mass is 16.3. The van der Waals surface area contributed by atoms with Crippen LogP contribution in [0.1, 0.15) is 12.6 Å². The smallest absolute Gasteiger partial charge is 0.326 e. The lowest BCUT2D eigenvalue weighted by molar-refractivity contribution is -0.118. The minimum absolute atomic E-state index is 0.0942. The summed E-state index contributed by atoms with van der Waals surface area (Å²) >= 11 is 0. The molecule has 140 valence electrons. The van der Waals surface area contributed by atoms with Gasteiger partial charge in [-0.05, 0) is 31.2 Å². The summed E-state index contributed by atoms with van der Waals surface area (Å²) in [6.45, 7) is 4.24. The van der Waals surface area contributed by atoms with Gasteiger partial charge in [0.2, 0.25) is 11.9 Å². The normalized spacial score (nSPS) is 10.4. The molecule has 9 heteroatoms.